The highest BCUT2D eigenvalue weighted by Gasteiger charge is 2.52. The summed E-state index contributed by atoms with van der Waals surface area (Å²) < 4.78 is 2.46. The molecule has 1 spiro atoms. The summed E-state index contributed by atoms with van der Waals surface area (Å²) in [6.07, 6.45) is 0. The summed E-state index contributed by atoms with van der Waals surface area (Å²) >= 11 is 0. The van der Waals surface area contributed by atoms with Crippen molar-refractivity contribution in [2.75, 3.05) is 0 Å². The Bertz CT molecular complexity index is 4990. The quantitative estimate of drug-likeness (QED) is 0.155. The zero-order valence-electron chi connectivity index (χ0n) is 43.5. The largest absolute Gasteiger partial charge is 0.309 e. The van der Waals surface area contributed by atoms with Gasteiger partial charge in [-0.05, 0) is 142 Å². The minimum Gasteiger partial charge on any atom is -0.309 e. The maximum absolute atomic E-state index is 5.61. The van der Waals surface area contributed by atoms with E-state index in [1.54, 1.807) is 0 Å². The van der Waals surface area contributed by atoms with Gasteiger partial charge in [0.15, 0.2) is 5.82 Å². The summed E-state index contributed by atoms with van der Waals surface area (Å²) in [5.41, 5.74) is 22.4. The second-order valence-corrected chi connectivity index (χ2v) is 21.5. The molecule has 2 aromatic heterocycles. The van der Waals surface area contributed by atoms with Crippen molar-refractivity contribution in [3.8, 4) is 84.1 Å². The van der Waals surface area contributed by atoms with Crippen molar-refractivity contribution < 1.29 is 0 Å². The van der Waals surface area contributed by atoms with Gasteiger partial charge in [0.2, 0.25) is 0 Å². The van der Waals surface area contributed by atoms with Gasteiger partial charge < -0.3 is 4.57 Å². The molecule has 2 aliphatic carbocycles. The number of aromatic nitrogens is 3. The predicted molar refractivity (Wildman–Crippen MR) is 332 cm³/mol. The van der Waals surface area contributed by atoms with Crippen LogP contribution in [-0.2, 0) is 5.41 Å². The van der Waals surface area contributed by atoms with Crippen LogP contribution in [0.25, 0.3) is 138 Å². The molecule has 2 aliphatic rings. The molecule has 80 heavy (non-hydrogen) atoms. The van der Waals surface area contributed by atoms with Crippen molar-refractivity contribution in [2.45, 2.75) is 5.41 Å². The second-order valence-electron chi connectivity index (χ2n) is 21.5. The average Bonchev–Trinajstić information content (AvgIpc) is 4.18. The van der Waals surface area contributed by atoms with Crippen LogP contribution in [0.15, 0.2) is 285 Å². The molecule has 0 radical (unpaired) electrons. The van der Waals surface area contributed by atoms with Gasteiger partial charge >= 0.3 is 0 Å². The lowest BCUT2D eigenvalue weighted by Gasteiger charge is -2.30. The second kappa shape index (κ2) is 17.3. The Balaban J connectivity index is 0.943. The fourth-order valence-electron chi connectivity index (χ4n) is 14.0. The van der Waals surface area contributed by atoms with Crippen LogP contribution < -0.4 is 0 Å². The molecule has 0 fully saturated rings. The summed E-state index contributed by atoms with van der Waals surface area (Å²) in [7, 11) is 0. The van der Waals surface area contributed by atoms with Gasteiger partial charge in [-0.3, -0.25) is 0 Å². The molecular weight excluding hydrogens is 967 g/mol. The number of hydrogen-bond acceptors (Lipinski definition) is 2. The monoisotopic (exact) mass is 1010 g/mol. The van der Waals surface area contributed by atoms with Crippen LogP contribution in [0.1, 0.15) is 22.3 Å². The molecule has 0 amide bonds. The Morgan fingerprint density at radius 3 is 1.41 bits per heavy atom. The van der Waals surface area contributed by atoms with Gasteiger partial charge in [-0.1, -0.05) is 243 Å². The highest BCUT2D eigenvalue weighted by Crippen LogP contribution is 2.64. The molecule has 370 valence electrons. The highest BCUT2D eigenvalue weighted by molar-refractivity contribution is 6.26. The third kappa shape index (κ3) is 6.43. The molecule has 3 heteroatoms. The summed E-state index contributed by atoms with van der Waals surface area (Å²) in [5.74, 6) is 0.675. The molecule has 0 bridgehead atoms. The van der Waals surface area contributed by atoms with E-state index in [1.165, 1.54) is 98.7 Å². The van der Waals surface area contributed by atoms with E-state index in [0.29, 0.717) is 5.82 Å². The molecule has 13 aromatic carbocycles. The third-order valence-electron chi connectivity index (χ3n) is 17.4. The summed E-state index contributed by atoms with van der Waals surface area (Å²) in [6, 6.07) is 105. The van der Waals surface area contributed by atoms with Crippen LogP contribution >= 0.6 is 0 Å². The highest BCUT2D eigenvalue weighted by atomic mass is 15.0. The number of rotatable bonds is 6. The molecule has 0 saturated carbocycles. The first-order chi connectivity index (χ1) is 39.7. The maximum atomic E-state index is 5.61. The Hall–Kier alpha value is -10.5. The molecule has 3 nitrogen and oxygen atoms in total. The number of para-hydroxylation sites is 1. The molecule has 0 unspecified atom stereocenters. The van der Waals surface area contributed by atoms with Gasteiger partial charge in [0.1, 0.15) is 0 Å². The van der Waals surface area contributed by atoms with E-state index < -0.39 is 5.41 Å². The van der Waals surface area contributed by atoms with Gasteiger partial charge in [0.25, 0.3) is 0 Å². The lowest BCUT2D eigenvalue weighted by atomic mass is 9.70. The standard InChI is InChI=1S/C77H47N3/c1-3-20-48(21-4-1)51-39-41-63-62-30-14-18-37-73(62)80(74(63)46-51)54-43-52(50-38-40-59-57-26-8-7-24-55(57)56-25-9-10-27-58(56)66(59)45-50)42-53(44-54)71-47-72(79-76(78-71)49-22-5-2-6-23-49)65-32-19-36-70-75(65)64-31-13-17-35-69(64)77(70)67-33-15-11-28-60(67)61-29-12-16-34-68(61)77/h1-47H. The average molecular weight is 1010 g/mol. The van der Waals surface area contributed by atoms with Crippen molar-refractivity contribution >= 4 is 54.1 Å². The fraction of sp³-hybridized carbons (Fsp3) is 0.0130. The van der Waals surface area contributed by atoms with Gasteiger partial charge in [-0.25, -0.2) is 9.97 Å². The van der Waals surface area contributed by atoms with Crippen LogP contribution in [0.5, 0.6) is 0 Å². The summed E-state index contributed by atoms with van der Waals surface area (Å²) in [4.78, 5) is 11.2. The minimum atomic E-state index is -0.489. The van der Waals surface area contributed by atoms with Crippen LogP contribution in [0.3, 0.4) is 0 Å². The molecule has 2 heterocycles. The molecule has 0 atom stereocenters. The molecule has 0 saturated heterocycles. The number of hydrogen-bond donors (Lipinski definition) is 0. The first-order valence-electron chi connectivity index (χ1n) is 27.6. The van der Waals surface area contributed by atoms with Crippen LogP contribution in [0.4, 0.5) is 0 Å². The predicted octanol–water partition coefficient (Wildman–Crippen LogP) is 19.7. The van der Waals surface area contributed by atoms with E-state index in [1.807, 2.05) is 0 Å². The first kappa shape index (κ1) is 44.6. The van der Waals surface area contributed by atoms with Crippen molar-refractivity contribution in [2.24, 2.45) is 0 Å². The molecule has 15 aromatic rings. The van der Waals surface area contributed by atoms with Crippen molar-refractivity contribution in [1.29, 1.82) is 0 Å². The maximum Gasteiger partial charge on any atom is 0.160 e. The smallest absolute Gasteiger partial charge is 0.160 e. The van der Waals surface area contributed by atoms with E-state index in [2.05, 4.69) is 290 Å². The Morgan fingerprint density at radius 2 is 0.725 bits per heavy atom. The molecule has 0 aliphatic heterocycles. The molecular formula is C77H47N3. The van der Waals surface area contributed by atoms with E-state index in [-0.39, 0.29) is 0 Å². The first-order valence-corrected chi connectivity index (χ1v) is 27.6. The van der Waals surface area contributed by atoms with Crippen molar-refractivity contribution in [3.05, 3.63) is 307 Å². The normalized spacial score (nSPS) is 12.8. The van der Waals surface area contributed by atoms with Gasteiger partial charge in [-0.15, -0.1) is 0 Å². The Morgan fingerprint density at radius 1 is 0.250 bits per heavy atom. The van der Waals surface area contributed by atoms with E-state index in [0.717, 1.165) is 55.9 Å². The van der Waals surface area contributed by atoms with Crippen molar-refractivity contribution in [3.63, 3.8) is 0 Å². The van der Waals surface area contributed by atoms with Crippen LogP contribution in [-0.4, -0.2) is 14.5 Å². The Kier molecular flexibility index (Phi) is 9.63. The Labute approximate surface area is 463 Å². The van der Waals surface area contributed by atoms with E-state index in [4.69, 9.17) is 9.97 Å². The van der Waals surface area contributed by atoms with Crippen molar-refractivity contribution in [1.82, 2.24) is 14.5 Å². The lowest BCUT2D eigenvalue weighted by molar-refractivity contribution is 0.794. The molecule has 17 rings (SSSR count). The SMILES string of the molecule is c1ccc(-c2ccc3c4ccccc4n(-c4cc(-c5ccc6c7ccccc7c7ccccc7c6c5)cc(-c5cc(-c6cccc7c6-c6ccccc6C76c7ccccc7-c7ccccc76)nc(-c6ccccc6)n5)c4)c3c2)cc1. The molecule has 0 N–H and O–H groups in total. The number of benzene rings is 13. The minimum absolute atomic E-state index is 0.489. The van der Waals surface area contributed by atoms with Gasteiger partial charge in [0, 0.05) is 33.2 Å². The van der Waals surface area contributed by atoms with Gasteiger partial charge in [-0.2, -0.15) is 0 Å². The zero-order chi connectivity index (χ0) is 52.5. The van der Waals surface area contributed by atoms with Crippen LogP contribution in [0, 0.1) is 0 Å². The zero-order valence-corrected chi connectivity index (χ0v) is 43.5. The summed E-state index contributed by atoms with van der Waals surface area (Å²) in [6.45, 7) is 0. The third-order valence-corrected chi connectivity index (χ3v) is 17.4. The summed E-state index contributed by atoms with van der Waals surface area (Å²) in [5, 5.41) is 9.90. The number of nitrogens with zero attached hydrogens (tertiary/aromatic N) is 3. The van der Waals surface area contributed by atoms with E-state index >= 15 is 0 Å². The fourth-order valence-corrected chi connectivity index (χ4v) is 14.0. The van der Waals surface area contributed by atoms with E-state index in [9.17, 15) is 0 Å². The lowest BCUT2D eigenvalue weighted by Crippen LogP contribution is -2.25. The number of fused-ring (bicyclic) bond motifs is 19. The topological polar surface area (TPSA) is 30.7 Å². The van der Waals surface area contributed by atoms with Gasteiger partial charge in [0.05, 0.1) is 27.8 Å². The van der Waals surface area contributed by atoms with Crippen LogP contribution in [0.2, 0.25) is 0 Å².